The molecule has 0 saturated carbocycles. The lowest BCUT2D eigenvalue weighted by Crippen LogP contribution is -2.47. The van der Waals surface area contributed by atoms with Gasteiger partial charge in [-0.1, -0.05) is 69.7 Å². The topological polar surface area (TPSA) is 101 Å². The van der Waals surface area contributed by atoms with Gasteiger partial charge in [0, 0.05) is 18.5 Å². The maximum absolute atomic E-state index is 12.9. The molecule has 168 valence electrons. The molecule has 1 heterocycles. The van der Waals surface area contributed by atoms with Crippen molar-refractivity contribution in [1.29, 1.82) is 0 Å². The third-order valence-corrected chi connectivity index (χ3v) is 5.40. The molecule has 8 nitrogen and oxygen atoms in total. The van der Waals surface area contributed by atoms with Gasteiger partial charge in [0.15, 0.2) is 0 Å². The standard InChI is InChI=1S/C24H29N5O3/c1-4-5-10-22(30)28(23(17(2)3)24(31)32)15-18-11-13-19(14-12-18)20-8-6-7-9-21(20)29-16-25-26-27-29/h6-9,11-14,16-17,23H,4-5,10,15H2,1-3H3,(H,31,32)/t23-/m0/s1. The first kappa shape index (κ1) is 23.1. The van der Waals surface area contributed by atoms with Crippen molar-refractivity contribution in [3.8, 4) is 16.8 Å². The summed E-state index contributed by atoms with van der Waals surface area (Å²) in [4.78, 5) is 26.3. The molecule has 0 radical (unpaired) electrons. The Morgan fingerprint density at radius 1 is 1.09 bits per heavy atom. The van der Waals surface area contributed by atoms with Crippen molar-refractivity contribution in [2.75, 3.05) is 0 Å². The second-order valence-electron chi connectivity index (χ2n) is 8.12. The Morgan fingerprint density at radius 2 is 1.81 bits per heavy atom. The molecule has 3 aromatic rings. The minimum absolute atomic E-state index is 0.124. The van der Waals surface area contributed by atoms with E-state index in [0.29, 0.717) is 6.42 Å². The Morgan fingerprint density at radius 3 is 2.41 bits per heavy atom. The number of carbonyl (C=O) groups excluding carboxylic acids is 1. The van der Waals surface area contributed by atoms with Crippen molar-refractivity contribution in [3.05, 3.63) is 60.4 Å². The molecular formula is C24H29N5O3. The average molecular weight is 436 g/mol. The van der Waals surface area contributed by atoms with Crippen LogP contribution in [-0.4, -0.2) is 48.1 Å². The van der Waals surface area contributed by atoms with Crippen LogP contribution in [0.4, 0.5) is 0 Å². The van der Waals surface area contributed by atoms with Gasteiger partial charge in [0.1, 0.15) is 12.4 Å². The summed E-state index contributed by atoms with van der Waals surface area (Å²) in [5.41, 5.74) is 3.67. The Hall–Kier alpha value is -3.55. The van der Waals surface area contributed by atoms with E-state index in [0.717, 1.165) is 35.2 Å². The second kappa shape index (κ2) is 10.7. The molecule has 1 N–H and O–H groups in total. The van der Waals surface area contributed by atoms with E-state index in [9.17, 15) is 14.7 Å². The number of carbonyl (C=O) groups is 2. The highest BCUT2D eigenvalue weighted by Crippen LogP contribution is 2.27. The van der Waals surface area contributed by atoms with E-state index in [1.165, 1.54) is 4.90 Å². The van der Waals surface area contributed by atoms with E-state index in [1.807, 2.05) is 69.3 Å². The molecule has 1 atom stereocenters. The Bertz CT molecular complexity index is 1030. The fraction of sp³-hybridized carbons (Fsp3) is 0.375. The number of nitrogens with zero attached hydrogens (tertiary/aromatic N) is 5. The van der Waals surface area contributed by atoms with E-state index in [-0.39, 0.29) is 18.4 Å². The highest BCUT2D eigenvalue weighted by atomic mass is 16.4. The first-order valence-corrected chi connectivity index (χ1v) is 10.9. The van der Waals surface area contributed by atoms with E-state index in [4.69, 9.17) is 0 Å². The summed E-state index contributed by atoms with van der Waals surface area (Å²) in [7, 11) is 0. The first-order chi connectivity index (χ1) is 15.4. The lowest BCUT2D eigenvalue weighted by Gasteiger charge is -2.32. The van der Waals surface area contributed by atoms with E-state index >= 15 is 0 Å². The maximum atomic E-state index is 12.9. The largest absolute Gasteiger partial charge is 0.480 e. The maximum Gasteiger partial charge on any atom is 0.326 e. The number of para-hydroxylation sites is 1. The molecule has 0 aliphatic heterocycles. The van der Waals surface area contributed by atoms with Crippen LogP contribution in [0.15, 0.2) is 54.9 Å². The Labute approximate surface area is 187 Å². The minimum atomic E-state index is -0.975. The molecular weight excluding hydrogens is 406 g/mol. The molecule has 0 bridgehead atoms. The van der Waals surface area contributed by atoms with Crippen LogP contribution in [0.25, 0.3) is 16.8 Å². The van der Waals surface area contributed by atoms with Crippen molar-refractivity contribution < 1.29 is 14.7 Å². The van der Waals surface area contributed by atoms with Crippen molar-refractivity contribution in [1.82, 2.24) is 25.1 Å². The van der Waals surface area contributed by atoms with Gasteiger partial charge in [-0.25, -0.2) is 4.79 Å². The molecule has 3 rings (SSSR count). The number of aromatic nitrogens is 4. The number of benzene rings is 2. The van der Waals surface area contributed by atoms with Crippen LogP contribution < -0.4 is 0 Å². The number of hydrogen-bond donors (Lipinski definition) is 1. The van der Waals surface area contributed by atoms with Crippen LogP contribution in [0.2, 0.25) is 0 Å². The molecule has 8 heteroatoms. The number of aliphatic carboxylic acids is 1. The summed E-state index contributed by atoms with van der Waals surface area (Å²) in [6.45, 7) is 5.93. The minimum Gasteiger partial charge on any atom is -0.480 e. The molecule has 0 saturated heterocycles. The normalized spacial score (nSPS) is 12.0. The van der Waals surface area contributed by atoms with Crippen LogP contribution in [0, 0.1) is 5.92 Å². The molecule has 32 heavy (non-hydrogen) atoms. The van der Waals surface area contributed by atoms with Crippen molar-refractivity contribution in [2.45, 2.75) is 52.6 Å². The Balaban J connectivity index is 1.87. The number of tetrazole rings is 1. The zero-order valence-electron chi connectivity index (χ0n) is 18.7. The number of carboxylic acid groups (broad SMARTS) is 1. The summed E-state index contributed by atoms with van der Waals surface area (Å²) in [5, 5.41) is 21.2. The molecule has 0 spiro atoms. The highest BCUT2D eigenvalue weighted by Gasteiger charge is 2.32. The zero-order chi connectivity index (χ0) is 23.1. The van der Waals surface area contributed by atoms with E-state index < -0.39 is 12.0 Å². The molecule has 1 amide bonds. The smallest absolute Gasteiger partial charge is 0.326 e. The number of rotatable bonds is 10. The second-order valence-corrected chi connectivity index (χ2v) is 8.12. The summed E-state index contributed by atoms with van der Waals surface area (Å²) in [6, 6.07) is 14.8. The third kappa shape index (κ3) is 5.38. The number of amides is 1. The van der Waals surface area contributed by atoms with Gasteiger partial charge in [-0.05, 0) is 40.0 Å². The van der Waals surface area contributed by atoms with Gasteiger partial charge in [0.05, 0.1) is 5.69 Å². The van der Waals surface area contributed by atoms with Crippen molar-refractivity contribution >= 4 is 11.9 Å². The predicted molar refractivity (Wildman–Crippen MR) is 121 cm³/mol. The van der Waals surface area contributed by atoms with E-state index in [1.54, 1.807) is 11.0 Å². The SMILES string of the molecule is CCCCC(=O)N(Cc1ccc(-c2ccccc2-n2cnnn2)cc1)[C@H](C(=O)O)C(C)C. The highest BCUT2D eigenvalue weighted by molar-refractivity contribution is 5.84. The van der Waals surface area contributed by atoms with Crippen LogP contribution >= 0.6 is 0 Å². The van der Waals surface area contributed by atoms with Crippen molar-refractivity contribution in [2.24, 2.45) is 5.92 Å². The van der Waals surface area contributed by atoms with E-state index in [2.05, 4.69) is 15.5 Å². The first-order valence-electron chi connectivity index (χ1n) is 10.9. The quantitative estimate of drug-likeness (QED) is 0.517. The fourth-order valence-electron chi connectivity index (χ4n) is 3.77. The molecule has 0 unspecified atom stereocenters. The van der Waals surface area contributed by atoms with Gasteiger partial charge < -0.3 is 10.0 Å². The summed E-state index contributed by atoms with van der Waals surface area (Å²) < 4.78 is 1.61. The predicted octanol–water partition coefficient (Wildman–Crippen LogP) is 3.96. The summed E-state index contributed by atoms with van der Waals surface area (Å²) in [5.74, 6) is -1.29. The average Bonchev–Trinajstić information content (AvgIpc) is 3.32. The van der Waals surface area contributed by atoms with Gasteiger partial charge in [0.25, 0.3) is 0 Å². The number of carboxylic acids is 1. The van der Waals surface area contributed by atoms with Crippen LogP contribution in [-0.2, 0) is 16.1 Å². The molecule has 0 aliphatic carbocycles. The molecule has 1 aromatic heterocycles. The van der Waals surface area contributed by atoms with Crippen LogP contribution in [0.3, 0.4) is 0 Å². The van der Waals surface area contributed by atoms with Gasteiger partial charge >= 0.3 is 5.97 Å². The third-order valence-electron chi connectivity index (χ3n) is 5.40. The van der Waals surface area contributed by atoms with Crippen LogP contribution in [0.5, 0.6) is 0 Å². The lowest BCUT2D eigenvalue weighted by atomic mass is 9.99. The molecule has 0 aliphatic rings. The van der Waals surface area contributed by atoms with Gasteiger partial charge in [-0.15, -0.1) is 5.10 Å². The Kier molecular flexibility index (Phi) is 7.70. The van der Waals surface area contributed by atoms with Gasteiger partial charge in [-0.3, -0.25) is 4.79 Å². The summed E-state index contributed by atoms with van der Waals surface area (Å²) >= 11 is 0. The summed E-state index contributed by atoms with van der Waals surface area (Å²) in [6.07, 6.45) is 3.52. The lowest BCUT2D eigenvalue weighted by molar-refractivity contribution is -0.153. The molecule has 0 fully saturated rings. The molecule has 2 aromatic carbocycles. The van der Waals surface area contributed by atoms with Gasteiger partial charge in [0.2, 0.25) is 5.91 Å². The van der Waals surface area contributed by atoms with Gasteiger partial charge in [-0.2, -0.15) is 4.68 Å². The zero-order valence-corrected chi connectivity index (χ0v) is 18.7. The van der Waals surface area contributed by atoms with Crippen molar-refractivity contribution in [3.63, 3.8) is 0 Å². The van der Waals surface area contributed by atoms with Crippen LogP contribution in [0.1, 0.15) is 45.6 Å². The fourth-order valence-corrected chi connectivity index (χ4v) is 3.77. The number of hydrogen-bond acceptors (Lipinski definition) is 5. The number of unbranched alkanes of at least 4 members (excludes halogenated alkanes) is 1. The monoisotopic (exact) mass is 435 g/mol.